The van der Waals surface area contributed by atoms with E-state index in [1.807, 2.05) is 6.07 Å². The van der Waals surface area contributed by atoms with Crippen LogP contribution in [0.15, 0.2) is 58.8 Å². The molecule has 36 heavy (non-hydrogen) atoms. The molecule has 1 spiro atoms. The number of piperidine rings is 1. The molecule has 0 radical (unpaired) electrons. The maximum Gasteiger partial charge on any atom is 0.206 e. The first-order valence-corrected chi connectivity index (χ1v) is 12.8. The summed E-state index contributed by atoms with van der Waals surface area (Å²) in [5, 5.41) is 11.0. The summed E-state index contributed by atoms with van der Waals surface area (Å²) in [6.45, 7) is 1.78. The van der Waals surface area contributed by atoms with Gasteiger partial charge in [-0.15, -0.1) is 0 Å². The van der Waals surface area contributed by atoms with Crippen molar-refractivity contribution in [2.24, 2.45) is 11.1 Å². The molecule has 4 aromatic heterocycles. The van der Waals surface area contributed by atoms with E-state index in [-0.39, 0.29) is 11.5 Å². The summed E-state index contributed by atoms with van der Waals surface area (Å²) in [5.74, 6) is 0.801. The van der Waals surface area contributed by atoms with Crippen LogP contribution in [-0.4, -0.2) is 43.0 Å². The Balaban J connectivity index is 1.11. The first-order chi connectivity index (χ1) is 17.6. The van der Waals surface area contributed by atoms with Gasteiger partial charge in [0.25, 0.3) is 0 Å². The van der Waals surface area contributed by atoms with Crippen molar-refractivity contribution in [1.82, 2.24) is 29.9 Å². The van der Waals surface area contributed by atoms with E-state index in [9.17, 15) is 5.26 Å². The van der Waals surface area contributed by atoms with Crippen LogP contribution in [-0.2, 0) is 6.42 Å². The molecule has 1 atom stereocenters. The second kappa shape index (κ2) is 8.05. The van der Waals surface area contributed by atoms with Gasteiger partial charge in [0, 0.05) is 36.4 Å². The molecule has 2 aliphatic rings. The lowest BCUT2D eigenvalue weighted by Gasteiger charge is -2.42. The Morgan fingerprint density at radius 2 is 1.97 bits per heavy atom. The highest BCUT2D eigenvalue weighted by Gasteiger charge is 2.46. The van der Waals surface area contributed by atoms with Gasteiger partial charge in [0.05, 0.1) is 17.1 Å². The van der Waals surface area contributed by atoms with Gasteiger partial charge in [-0.05, 0) is 41.9 Å². The van der Waals surface area contributed by atoms with Crippen LogP contribution in [0.2, 0.25) is 0 Å². The van der Waals surface area contributed by atoms with E-state index in [2.05, 4.69) is 55.2 Å². The van der Waals surface area contributed by atoms with E-state index < -0.39 is 0 Å². The summed E-state index contributed by atoms with van der Waals surface area (Å²) in [6, 6.07) is 12.8. The highest BCUT2D eigenvalue weighted by Crippen LogP contribution is 2.50. The SMILES string of the molecule is N#Cc1c[nH]c2nccc(Sc3cnc4[nH]c(N5CCC6(CC5)Cc5ccccc5[C@H]6N)nc4n3)c12. The van der Waals surface area contributed by atoms with Gasteiger partial charge in [-0.1, -0.05) is 36.0 Å². The van der Waals surface area contributed by atoms with E-state index in [4.69, 9.17) is 15.7 Å². The highest BCUT2D eigenvalue weighted by atomic mass is 32.2. The molecule has 0 unspecified atom stereocenters. The van der Waals surface area contributed by atoms with Crippen molar-refractivity contribution >= 4 is 40.0 Å². The monoisotopic (exact) mass is 493 g/mol. The molecule has 0 amide bonds. The summed E-state index contributed by atoms with van der Waals surface area (Å²) in [6.07, 6.45) is 8.24. The van der Waals surface area contributed by atoms with Crippen molar-refractivity contribution in [1.29, 1.82) is 5.26 Å². The van der Waals surface area contributed by atoms with E-state index in [1.54, 1.807) is 18.6 Å². The normalized spacial score (nSPS) is 18.7. The van der Waals surface area contributed by atoms with Gasteiger partial charge in [-0.3, -0.25) is 0 Å². The maximum absolute atomic E-state index is 9.45. The first kappa shape index (κ1) is 21.4. The first-order valence-electron chi connectivity index (χ1n) is 12.0. The van der Waals surface area contributed by atoms with Crippen molar-refractivity contribution in [3.05, 3.63) is 65.6 Å². The van der Waals surface area contributed by atoms with Crippen LogP contribution in [0, 0.1) is 16.7 Å². The van der Waals surface area contributed by atoms with Crippen LogP contribution in [0.25, 0.3) is 22.3 Å². The van der Waals surface area contributed by atoms with Gasteiger partial charge in [0.1, 0.15) is 16.7 Å². The standard InChI is InChI=1S/C26H23N9S/c27-12-16-13-30-22-20(16)18(5-8-29-22)36-19-14-31-23-24(32-19)34-25(33-23)35-9-6-26(7-10-35)11-15-3-1-2-4-17(15)21(26)28/h1-5,8,13-14,21H,6-7,9-11,28H2,(H,29,30)(H,31,32,33,34)/t21-/m1/s1. The van der Waals surface area contributed by atoms with Gasteiger partial charge >= 0.3 is 0 Å². The topological polar surface area (TPSA) is 136 Å². The van der Waals surface area contributed by atoms with Crippen LogP contribution >= 0.6 is 11.8 Å². The molecular formula is C26H23N9S. The quantitative estimate of drug-likeness (QED) is 0.342. The van der Waals surface area contributed by atoms with Gasteiger partial charge in [-0.2, -0.15) is 10.2 Å². The number of nitrogens with zero attached hydrogens (tertiary/aromatic N) is 6. The number of hydrogen-bond donors (Lipinski definition) is 3. The number of imidazole rings is 1. The number of aromatic amines is 2. The molecule has 1 saturated heterocycles. The Morgan fingerprint density at radius 3 is 2.81 bits per heavy atom. The third kappa shape index (κ3) is 3.27. The average Bonchev–Trinajstić information content (AvgIpc) is 3.59. The molecule has 1 aromatic carbocycles. The fraction of sp³-hybridized carbons (Fsp3) is 0.269. The zero-order valence-corrected chi connectivity index (χ0v) is 20.2. The molecule has 9 nitrogen and oxygen atoms in total. The average molecular weight is 494 g/mol. The Bertz CT molecular complexity index is 1660. The number of nitrogens with two attached hydrogens (primary N) is 1. The van der Waals surface area contributed by atoms with Crippen LogP contribution in [0.3, 0.4) is 0 Å². The molecule has 1 aliphatic heterocycles. The number of benzene rings is 1. The summed E-state index contributed by atoms with van der Waals surface area (Å²) < 4.78 is 0. The van der Waals surface area contributed by atoms with Crippen LogP contribution < -0.4 is 10.6 Å². The summed E-state index contributed by atoms with van der Waals surface area (Å²) in [4.78, 5) is 28.0. The van der Waals surface area contributed by atoms with E-state index in [1.165, 1.54) is 22.9 Å². The molecule has 0 bridgehead atoms. The highest BCUT2D eigenvalue weighted by molar-refractivity contribution is 7.99. The Kier molecular flexibility index (Phi) is 4.77. The van der Waals surface area contributed by atoms with Gasteiger partial charge in [0.2, 0.25) is 5.95 Å². The predicted molar refractivity (Wildman–Crippen MR) is 138 cm³/mol. The maximum atomic E-state index is 9.45. The molecular weight excluding hydrogens is 470 g/mol. The van der Waals surface area contributed by atoms with Crippen LogP contribution in [0.5, 0.6) is 0 Å². The minimum atomic E-state index is 0.0932. The van der Waals surface area contributed by atoms with Gasteiger partial charge in [0.15, 0.2) is 11.3 Å². The number of rotatable bonds is 3. The lowest BCUT2D eigenvalue weighted by molar-refractivity contribution is 0.187. The number of hydrogen-bond acceptors (Lipinski definition) is 8. The molecule has 5 aromatic rings. The fourth-order valence-electron chi connectivity index (χ4n) is 5.74. The van der Waals surface area contributed by atoms with Crippen molar-refractivity contribution in [2.75, 3.05) is 18.0 Å². The summed E-state index contributed by atoms with van der Waals surface area (Å²) >= 11 is 1.45. The number of pyridine rings is 1. The molecule has 10 heteroatoms. The number of anilines is 1. The van der Waals surface area contributed by atoms with Crippen molar-refractivity contribution in [3.8, 4) is 6.07 Å². The lowest BCUT2D eigenvalue weighted by Crippen LogP contribution is -2.44. The largest absolute Gasteiger partial charge is 0.345 e. The van der Waals surface area contributed by atoms with E-state index >= 15 is 0 Å². The predicted octanol–water partition coefficient (Wildman–Crippen LogP) is 4.09. The second-order valence-electron chi connectivity index (χ2n) is 9.59. The molecule has 178 valence electrons. The number of H-pyrrole nitrogens is 2. The van der Waals surface area contributed by atoms with Crippen LogP contribution in [0.1, 0.15) is 35.6 Å². The molecule has 4 N–H and O–H groups in total. The minimum absolute atomic E-state index is 0.0932. The van der Waals surface area contributed by atoms with Crippen molar-refractivity contribution in [2.45, 2.75) is 35.2 Å². The number of fused-ring (bicyclic) bond motifs is 3. The van der Waals surface area contributed by atoms with Crippen LogP contribution in [0.4, 0.5) is 5.95 Å². The van der Waals surface area contributed by atoms with Crippen molar-refractivity contribution in [3.63, 3.8) is 0 Å². The van der Waals surface area contributed by atoms with Gasteiger partial charge in [-0.25, -0.2) is 15.0 Å². The van der Waals surface area contributed by atoms with E-state index in [0.717, 1.165) is 48.6 Å². The molecule has 1 fully saturated rings. The zero-order valence-electron chi connectivity index (χ0n) is 19.4. The zero-order chi connectivity index (χ0) is 24.3. The fourth-order valence-corrected chi connectivity index (χ4v) is 6.65. The smallest absolute Gasteiger partial charge is 0.206 e. The molecule has 7 rings (SSSR count). The summed E-state index contributed by atoms with van der Waals surface area (Å²) in [7, 11) is 0. The summed E-state index contributed by atoms with van der Waals surface area (Å²) in [5.41, 5.74) is 12.1. The molecule has 0 saturated carbocycles. The number of nitrogens with one attached hydrogen (secondary N) is 2. The molecule has 1 aliphatic carbocycles. The Hall–Kier alpha value is -3.94. The lowest BCUT2D eigenvalue weighted by atomic mass is 9.73. The number of aromatic nitrogens is 6. The Labute approximate surface area is 211 Å². The molecule has 5 heterocycles. The number of nitriles is 1. The van der Waals surface area contributed by atoms with Crippen molar-refractivity contribution < 1.29 is 0 Å². The third-order valence-electron chi connectivity index (χ3n) is 7.70. The van der Waals surface area contributed by atoms with Gasteiger partial charge < -0.3 is 20.6 Å². The van der Waals surface area contributed by atoms with E-state index in [0.29, 0.717) is 27.5 Å². The third-order valence-corrected chi connectivity index (χ3v) is 8.66. The minimum Gasteiger partial charge on any atom is -0.345 e. The second-order valence-corrected chi connectivity index (χ2v) is 10.7. The Morgan fingerprint density at radius 1 is 1.11 bits per heavy atom.